The summed E-state index contributed by atoms with van der Waals surface area (Å²) in [5.41, 5.74) is -2.85. The van der Waals surface area contributed by atoms with Gasteiger partial charge in [-0.05, 0) is 12.0 Å². The molecule has 0 aliphatic carbocycles. The first-order valence-corrected chi connectivity index (χ1v) is 8.70. The van der Waals surface area contributed by atoms with Crippen molar-refractivity contribution in [2.75, 3.05) is 0 Å². The topological polar surface area (TPSA) is 114 Å². The highest BCUT2D eigenvalue weighted by atomic mass is 16.7. The van der Waals surface area contributed by atoms with Gasteiger partial charge in [0.1, 0.15) is 0 Å². The molecule has 6 nitrogen and oxygen atoms in total. The van der Waals surface area contributed by atoms with E-state index in [1.165, 1.54) is 0 Å². The Morgan fingerprint density at radius 1 is 1.12 bits per heavy atom. The molecule has 0 aromatic heterocycles. The summed E-state index contributed by atoms with van der Waals surface area (Å²) in [4.78, 5) is 0. The molecule has 132 valence electrons. The Balaban J connectivity index is 2.29. The van der Waals surface area contributed by atoms with Gasteiger partial charge in [0, 0.05) is 6.92 Å². The van der Waals surface area contributed by atoms with E-state index >= 15 is 0 Å². The van der Waals surface area contributed by atoms with E-state index in [2.05, 4.69) is 18.2 Å². The number of hydrogen-bond donors (Lipinski definition) is 1. The lowest BCUT2D eigenvalue weighted by Gasteiger charge is -2.61. The SMILES string of the molecule is CCCC[C@@H]1O[C@@]2(C)OC(=N)[C@@]1(C#N)C(C#N)(C#N)[C@H]2c1ccccc1. The molecule has 1 N–H and O–H groups in total. The number of benzene rings is 1. The van der Waals surface area contributed by atoms with Crippen LogP contribution in [0.1, 0.15) is 44.6 Å². The predicted octanol–water partition coefficient (Wildman–Crippen LogP) is 3.63. The van der Waals surface area contributed by atoms with E-state index in [1.54, 1.807) is 31.2 Å². The maximum Gasteiger partial charge on any atom is 0.219 e. The van der Waals surface area contributed by atoms with Crippen LogP contribution in [0.2, 0.25) is 0 Å². The average Bonchev–Trinajstić information content (AvgIpc) is 2.65. The fraction of sp³-hybridized carbons (Fsp3) is 0.500. The van der Waals surface area contributed by atoms with Crippen molar-refractivity contribution >= 4 is 5.90 Å². The highest BCUT2D eigenvalue weighted by Gasteiger charge is 2.78. The van der Waals surface area contributed by atoms with E-state index in [0.717, 1.165) is 12.8 Å². The molecule has 3 aliphatic rings. The third kappa shape index (κ3) is 2.02. The number of fused-ring (bicyclic) bond motifs is 3. The van der Waals surface area contributed by atoms with Gasteiger partial charge in [-0.1, -0.05) is 50.1 Å². The van der Waals surface area contributed by atoms with Gasteiger partial charge in [0.05, 0.1) is 30.2 Å². The summed E-state index contributed by atoms with van der Waals surface area (Å²) in [5.74, 6) is -2.51. The summed E-state index contributed by atoms with van der Waals surface area (Å²) in [6.07, 6.45) is 1.39. The summed E-state index contributed by atoms with van der Waals surface area (Å²) < 4.78 is 11.9. The second-order valence-electron chi connectivity index (χ2n) is 6.99. The Bertz CT molecular complexity index is 833. The Hall–Kier alpha value is -2.88. The second-order valence-corrected chi connectivity index (χ2v) is 6.99. The third-order valence-electron chi connectivity index (χ3n) is 5.58. The predicted molar refractivity (Wildman–Crippen MR) is 92.5 cm³/mol. The Morgan fingerprint density at radius 3 is 2.31 bits per heavy atom. The lowest BCUT2D eigenvalue weighted by Crippen LogP contribution is -2.73. The van der Waals surface area contributed by atoms with Gasteiger partial charge in [0.2, 0.25) is 11.7 Å². The molecule has 26 heavy (non-hydrogen) atoms. The molecule has 0 radical (unpaired) electrons. The number of nitriles is 3. The zero-order valence-corrected chi connectivity index (χ0v) is 14.8. The van der Waals surface area contributed by atoms with E-state index in [0.29, 0.717) is 12.0 Å². The molecule has 0 amide bonds. The molecule has 3 fully saturated rings. The van der Waals surface area contributed by atoms with Crippen LogP contribution < -0.4 is 0 Å². The van der Waals surface area contributed by atoms with Gasteiger partial charge >= 0.3 is 0 Å². The van der Waals surface area contributed by atoms with Crippen LogP contribution in [0.15, 0.2) is 30.3 Å². The summed E-state index contributed by atoms with van der Waals surface area (Å²) >= 11 is 0. The zero-order valence-electron chi connectivity index (χ0n) is 14.8. The molecular weight excluding hydrogens is 328 g/mol. The quantitative estimate of drug-likeness (QED) is 0.892. The Morgan fingerprint density at radius 2 is 1.77 bits per heavy atom. The summed E-state index contributed by atoms with van der Waals surface area (Å²) in [5, 5.41) is 38.8. The summed E-state index contributed by atoms with van der Waals surface area (Å²) in [7, 11) is 0. The van der Waals surface area contributed by atoms with Crippen molar-refractivity contribution in [1.82, 2.24) is 0 Å². The van der Waals surface area contributed by atoms with Crippen LogP contribution >= 0.6 is 0 Å². The maximum absolute atomic E-state index is 10.1. The Labute approximate surface area is 153 Å². The van der Waals surface area contributed by atoms with Gasteiger partial charge in [0.25, 0.3) is 0 Å². The van der Waals surface area contributed by atoms with Crippen LogP contribution in [-0.2, 0) is 9.47 Å². The van der Waals surface area contributed by atoms with E-state index in [9.17, 15) is 15.8 Å². The number of hydrogen-bond acceptors (Lipinski definition) is 6. The highest BCUT2D eigenvalue weighted by molar-refractivity contribution is 5.89. The first kappa shape index (κ1) is 17.9. The maximum atomic E-state index is 10.1. The molecule has 4 atom stereocenters. The number of nitrogens with one attached hydrogen (secondary N) is 1. The Kier molecular flexibility index (Phi) is 4.23. The van der Waals surface area contributed by atoms with E-state index in [1.807, 2.05) is 13.0 Å². The van der Waals surface area contributed by atoms with Crippen molar-refractivity contribution in [3.63, 3.8) is 0 Å². The molecule has 3 aliphatic heterocycles. The number of nitrogens with zero attached hydrogens (tertiary/aromatic N) is 3. The minimum Gasteiger partial charge on any atom is -0.447 e. The van der Waals surface area contributed by atoms with Crippen molar-refractivity contribution in [3.8, 4) is 18.2 Å². The van der Waals surface area contributed by atoms with Crippen LogP contribution in [0.5, 0.6) is 0 Å². The van der Waals surface area contributed by atoms with Crippen LogP contribution in [-0.4, -0.2) is 17.8 Å². The molecule has 3 saturated heterocycles. The molecule has 3 heterocycles. The number of rotatable bonds is 4. The van der Waals surface area contributed by atoms with Crippen molar-refractivity contribution in [2.45, 2.75) is 50.9 Å². The molecule has 4 rings (SSSR count). The van der Waals surface area contributed by atoms with Crippen LogP contribution in [0.4, 0.5) is 0 Å². The van der Waals surface area contributed by atoms with Crippen molar-refractivity contribution in [1.29, 1.82) is 21.2 Å². The zero-order chi connectivity index (χ0) is 19.0. The van der Waals surface area contributed by atoms with Gasteiger partial charge in [-0.2, -0.15) is 15.8 Å². The van der Waals surface area contributed by atoms with Gasteiger partial charge in [-0.25, -0.2) is 0 Å². The van der Waals surface area contributed by atoms with Crippen LogP contribution in [0, 0.1) is 50.2 Å². The fourth-order valence-electron chi connectivity index (χ4n) is 4.41. The van der Waals surface area contributed by atoms with E-state index < -0.39 is 28.6 Å². The highest BCUT2D eigenvalue weighted by Crippen LogP contribution is 2.65. The van der Waals surface area contributed by atoms with Crippen molar-refractivity contribution in [3.05, 3.63) is 35.9 Å². The molecule has 0 saturated carbocycles. The molecule has 6 heteroatoms. The number of ether oxygens (including phenoxy) is 2. The average molecular weight is 348 g/mol. The largest absolute Gasteiger partial charge is 0.447 e. The molecular formula is C20H20N4O2. The minimum atomic E-state index is -1.77. The first-order valence-electron chi connectivity index (χ1n) is 8.70. The number of unbranched alkanes of at least 4 members (excludes halogenated alkanes) is 1. The third-order valence-corrected chi connectivity index (χ3v) is 5.58. The minimum absolute atomic E-state index is 0.342. The molecule has 2 bridgehead atoms. The van der Waals surface area contributed by atoms with Crippen LogP contribution in [0.3, 0.4) is 0 Å². The lowest BCUT2D eigenvalue weighted by atomic mass is 9.49. The van der Waals surface area contributed by atoms with Gasteiger partial charge in [-0.15, -0.1) is 0 Å². The van der Waals surface area contributed by atoms with Crippen molar-refractivity contribution in [2.24, 2.45) is 10.8 Å². The smallest absolute Gasteiger partial charge is 0.219 e. The summed E-state index contributed by atoms with van der Waals surface area (Å²) in [6, 6.07) is 15.4. The standard InChI is InChI=1S/C20H20N4O2/c1-3-4-10-15-20(13-23)17(24)26-18(2,25-15)16(19(20,11-21)12-22)14-8-6-5-7-9-14/h5-9,15-16,24H,3-4,10H2,1-2H3/t15-,16-,18-,20-/m0/s1. The second kappa shape index (κ2) is 6.13. The lowest BCUT2D eigenvalue weighted by molar-refractivity contribution is -0.320. The van der Waals surface area contributed by atoms with E-state index in [-0.39, 0.29) is 5.90 Å². The monoisotopic (exact) mass is 348 g/mol. The summed E-state index contributed by atoms with van der Waals surface area (Å²) in [6.45, 7) is 3.67. The van der Waals surface area contributed by atoms with Crippen LogP contribution in [0.25, 0.3) is 0 Å². The van der Waals surface area contributed by atoms with Gasteiger partial charge in [-0.3, -0.25) is 5.41 Å². The first-order chi connectivity index (χ1) is 12.5. The van der Waals surface area contributed by atoms with E-state index in [4.69, 9.17) is 14.9 Å². The normalized spacial score (nSPS) is 34.2. The van der Waals surface area contributed by atoms with Gasteiger partial charge < -0.3 is 9.47 Å². The van der Waals surface area contributed by atoms with Crippen molar-refractivity contribution < 1.29 is 9.47 Å². The molecule has 1 aromatic rings. The molecule has 1 aromatic carbocycles. The fourth-order valence-corrected chi connectivity index (χ4v) is 4.41. The van der Waals surface area contributed by atoms with Gasteiger partial charge in [0.15, 0.2) is 10.8 Å². The molecule has 0 unspecified atom stereocenters. The molecule has 0 spiro atoms.